The molecule has 0 aliphatic heterocycles. The highest BCUT2D eigenvalue weighted by atomic mass is 16.5. The van der Waals surface area contributed by atoms with Gasteiger partial charge < -0.3 is 13.9 Å². The summed E-state index contributed by atoms with van der Waals surface area (Å²) in [6, 6.07) is 4.33. The first-order valence-electron chi connectivity index (χ1n) is 5.78. The van der Waals surface area contributed by atoms with Crippen molar-refractivity contribution in [3.8, 4) is 5.75 Å². The summed E-state index contributed by atoms with van der Waals surface area (Å²) in [5.41, 5.74) is 0.00527. The van der Waals surface area contributed by atoms with Crippen molar-refractivity contribution in [3.05, 3.63) is 39.7 Å². The summed E-state index contributed by atoms with van der Waals surface area (Å²) in [5, 5.41) is 0.148. The molecule has 0 atom stereocenters. The van der Waals surface area contributed by atoms with E-state index in [1.807, 2.05) is 0 Å². The molecule has 6 heteroatoms. The molecule has 0 aliphatic rings. The maximum Gasteiger partial charge on any atom is 0.337 e. The minimum Gasteiger partial charge on any atom is -0.465 e. The molecular formula is C14H12O6. The van der Waals surface area contributed by atoms with Crippen LogP contribution in [0, 0.1) is 6.92 Å². The van der Waals surface area contributed by atoms with Gasteiger partial charge in [0.05, 0.1) is 18.1 Å². The molecule has 0 spiro atoms. The first-order chi connectivity index (χ1) is 9.43. The summed E-state index contributed by atoms with van der Waals surface area (Å²) in [6.07, 6.45) is 0. The molecule has 1 heterocycles. The Morgan fingerprint density at radius 1 is 1.25 bits per heavy atom. The van der Waals surface area contributed by atoms with Gasteiger partial charge in [0.1, 0.15) is 11.3 Å². The zero-order valence-corrected chi connectivity index (χ0v) is 11.2. The van der Waals surface area contributed by atoms with E-state index >= 15 is 0 Å². The Morgan fingerprint density at radius 2 is 1.95 bits per heavy atom. The fourth-order valence-electron chi connectivity index (χ4n) is 1.80. The monoisotopic (exact) mass is 276 g/mol. The van der Waals surface area contributed by atoms with Gasteiger partial charge in [-0.1, -0.05) is 0 Å². The van der Waals surface area contributed by atoms with Crippen LogP contribution in [0.25, 0.3) is 11.0 Å². The Morgan fingerprint density at radius 3 is 2.55 bits per heavy atom. The number of hydrogen-bond donors (Lipinski definition) is 0. The second kappa shape index (κ2) is 5.16. The second-order valence-electron chi connectivity index (χ2n) is 4.11. The minimum atomic E-state index is -0.621. The molecule has 104 valence electrons. The van der Waals surface area contributed by atoms with Gasteiger partial charge in [-0.15, -0.1) is 0 Å². The predicted octanol–water partition coefficient (Wildman–Crippen LogP) is 1.81. The van der Waals surface area contributed by atoms with Crippen molar-refractivity contribution < 1.29 is 23.5 Å². The zero-order valence-electron chi connectivity index (χ0n) is 11.2. The van der Waals surface area contributed by atoms with Crippen LogP contribution in [0.4, 0.5) is 0 Å². The minimum absolute atomic E-state index is 0.148. The number of methoxy groups -OCH3 is 1. The van der Waals surface area contributed by atoms with Crippen molar-refractivity contribution >= 4 is 22.9 Å². The third-order valence-corrected chi connectivity index (χ3v) is 2.68. The summed E-state index contributed by atoms with van der Waals surface area (Å²) < 4.78 is 14.8. The number of ether oxygens (including phenoxy) is 2. The van der Waals surface area contributed by atoms with Crippen LogP contribution in [0.1, 0.15) is 23.0 Å². The van der Waals surface area contributed by atoms with Crippen molar-refractivity contribution in [1.29, 1.82) is 0 Å². The highest BCUT2D eigenvalue weighted by Gasteiger charge is 2.16. The number of carbonyl (C=O) groups is 2. The molecule has 1 aromatic heterocycles. The van der Waals surface area contributed by atoms with Gasteiger partial charge in [0, 0.05) is 6.92 Å². The summed E-state index contributed by atoms with van der Waals surface area (Å²) >= 11 is 0. The quantitative estimate of drug-likeness (QED) is 0.778. The molecule has 0 N–H and O–H groups in total. The molecule has 0 amide bonds. The molecule has 6 nitrogen and oxygen atoms in total. The van der Waals surface area contributed by atoms with E-state index in [0.717, 1.165) is 0 Å². The third kappa shape index (κ3) is 2.40. The molecule has 2 rings (SSSR count). The summed E-state index contributed by atoms with van der Waals surface area (Å²) in [5.74, 6) is -1.17. The Labute approximate surface area is 113 Å². The number of rotatable bonds is 2. The number of esters is 2. The molecule has 0 fully saturated rings. The Bertz CT molecular complexity index is 756. The van der Waals surface area contributed by atoms with Crippen LogP contribution in [0.15, 0.2) is 27.4 Å². The van der Waals surface area contributed by atoms with Gasteiger partial charge in [-0.05, 0) is 25.1 Å². The average Bonchev–Trinajstić information content (AvgIpc) is 2.42. The lowest BCUT2D eigenvalue weighted by atomic mass is 10.1. The Hall–Kier alpha value is -2.63. The molecular weight excluding hydrogens is 264 g/mol. The largest absolute Gasteiger partial charge is 0.465 e. The van der Waals surface area contributed by atoms with E-state index in [-0.39, 0.29) is 22.5 Å². The number of carbonyl (C=O) groups excluding carboxylic acids is 2. The third-order valence-electron chi connectivity index (χ3n) is 2.68. The van der Waals surface area contributed by atoms with Crippen LogP contribution in [0.2, 0.25) is 0 Å². The second-order valence-corrected chi connectivity index (χ2v) is 4.11. The van der Waals surface area contributed by atoms with E-state index in [4.69, 9.17) is 9.15 Å². The maximum absolute atomic E-state index is 12.3. The standard InChI is InChI=1S/C14H12O6/c1-7-13(20-8(2)15)12(16)10-6-9(14(17)18-3)4-5-11(10)19-7/h4-6H,1-3H3. The number of aryl methyl sites for hydroxylation is 1. The fourth-order valence-corrected chi connectivity index (χ4v) is 1.80. The van der Waals surface area contributed by atoms with Crippen LogP contribution in [-0.2, 0) is 9.53 Å². The molecule has 0 saturated heterocycles. The van der Waals surface area contributed by atoms with Gasteiger partial charge in [-0.25, -0.2) is 4.79 Å². The molecule has 0 radical (unpaired) electrons. The van der Waals surface area contributed by atoms with E-state index < -0.39 is 17.4 Å². The smallest absolute Gasteiger partial charge is 0.337 e. The molecule has 0 aliphatic carbocycles. The van der Waals surface area contributed by atoms with Crippen LogP contribution >= 0.6 is 0 Å². The highest BCUT2D eigenvalue weighted by Crippen LogP contribution is 2.21. The lowest BCUT2D eigenvalue weighted by Crippen LogP contribution is -2.14. The number of hydrogen-bond acceptors (Lipinski definition) is 6. The number of benzene rings is 1. The summed E-state index contributed by atoms with van der Waals surface area (Å²) in [4.78, 5) is 34.7. The lowest BCUT2D eigenvalue weighted by Gasteiger charge is -2.06. The van der Waals surface area contributed by atoms with Gasteiger partial charge in [0.15, 0.2) is 0 Å². The average molecular weight is 276 g/mol. The maximum atomic E-state index is 12.3. The van der Waals surface area contributed by atoms with Crippen molar-refractivity contribution in [2.75, 3.05) is 7.11 Å². The molecule has 0 bridgehead atoms. The molecule has 0 saturated carbocycles. The zero-order chi connectivity index (χ0) is 14.9. The van der Waals surface area contributed by atoms with Crippen molar-refractivity contribution in [3.63, 3.8) is 0 Å². The highest BCUT2D eigenvalue weighted by molar-refractivity contribution is 5.94. The van der Waals surface area contributed by atoms with E-state index in [1.54, 1.807) is 0 Å². The molecule has 2 aromatic rings. The van der Waals surface area contributed by atoms with Crippen molar-refractivity contribution in [2.24, 2.45) is 0 Å². The van der Waals surface area contributed by atoms with Crippen molar-refractivity contribution in [1.82, 2.24) is 0 Å². The van der Waals surface area contributed by atoms with E-state index in [9.17, 15) is 14.4 Å². The normalized spacial score (nSPS) is 10.3. The molecule has 1 aromatic carbocycles. The van der Waals surface area contributed by atoms with Crippen LogP contribution < -0.4 is 10.2 Å². The van der Waals surface area contributed by atoms with Gasteiger partial charge in [-0.3, -0.25) is 9.59 Å². The first kappa shape index (κ1) is 13.8. The van der Waals surface area contributed by atoms with Gasteiger partial charge in [-0.2, -0.15) is 0 Å². The van der Waals surface area contributed by atoms with Crippen LogP contribution in [0.3, 0.4) is 0 Å². The van der Waals surface area contributed by atoms with E-state index in [0.29, 0.717) is 5.58 Å². The summed E-state index contributed by atoms with van der Waals surface area (Å²) in [6.45, 7) is 2.71. The number of fused-ring (bicyclic) bond motifs is 1. The Kier molecular flexibility index (Phi) is 3.56. The van der Waals surface area contributed by atoms with Crippen LogP contribution in [-0.4, -0.2) is 19.0 Å². The van der Waals surface area contributed by atoms with Crippen molar-refractivity contribution in [2.45, 2.75) is 13.8 Å². The lowest BCUT2D eigenvalue weighted by molar-refractivity contribution is -0.132. The van der Waals surface area contributed by atoms with Crippen LogP contribution in [0.5, 0.6) is 5.75 Å². The van der Waals surface area contributed by atoms with Gasteiger partial charge in [0.2, 0.25) is 11.2 Å². The Balaban J connectivity index is 2.71. The summed E-state index contributed by atoms with van der Waals surface area (Å²) in [7, 11) is 1.24. The fraction of sp³-hybridized carbons (Fsp3) is 0.214. The van der Waals surface area contributed by atoms with E-state index in [1.165, 1.54) is 39.2 Å². The first-order valence-corrected chi connectivity index (χ1v) is 5.78. The van der Waals surface area contributed by atoms with Gasteiger partial charge >= 0.3 is 11.9 Å². The SMILES string of the molecule is COC(=O)c1ccc2oc(C)c(OC(C)=O)c(=O)c2c1. The topological polar surface area (TPSA) is 82.8 Å². The molecule has 0 unspecified atom stereocenters. The van der Waals surface area contributed by atoms with E-state index in [2.05, 4.69) is 4.74 Å². The van der Waals surface area contributed by atoms with Gasteiger partial charge in [0.25, 0.3) is 0 Å². The predicted molar refractivity (Wildman–Crippen MR) is 69.9 cm³/mol. The molecule has 20 heavy (non-hydrogen) atoms.